The molecule has 0 radical (unpaired) electrons. The fourth-order valence-electron chi connectivity index (χ4n) is 6.57. The summed E-state index contributed by atoms with van der Waals surface area (Å²) in [5.41, 5.74) is 1.10. The summed E-state index contributed by atoms with van der Waals surface area (Å²) in [6.45, 7) is -1.05. The molecular weight excluding hydrogens is 714 g/mol. The van der Waals surface area contributed by atoms with Crippen LogP contribution in [0.3, 0.4) is 0 Å². The van der Waals surface area contributed by atoms with Crippen molar-refractivity contribution in [3.8, 4) is 5.75 Å². The second-order valence-electron chi connectivity index (χ2n) is 12.7. The van der Waals surface area contributed by atoms with Gasteiger partial charge in [-0.15, -0.1) is 0 Å². The Morgan fingerprint density at radius 3 is 1.98 bits per heavy atom. The quantitative estimate of drug-likeness (QED) is 0.0954. The molecule has 8 nitrogen and oxygen atoms in total. The van der Waals surface area contributed by atoms with E-state index in [1.807, 2.05) is 12.1 Å². The number of rotatable bonds is 11. The van der Waals surface area contributed by atoms with Gasteiger partial charge in [-0.1, -0.05) is 73.9 Å². The molecule has 0 aromatic heterocycles. The molecule has 1 amide bonds. The summed E-state index contributed by atoms with van der Waals surface area (Å²) >= 11 is 0. The van der Waals surface area contributed by atoms with Crippen molar-refractivity contribution in [2.24, 2.45) is 0 Å². The Labute approximate surface area is 295 Å². The van der Waals surface area contributed by atoms with Crippen molar-refractivity contribution < 1.29 is 54.2 Å². The van der Waals surface area contributed by atoms with Gasteiger partial charge in [0.05, 0.1) is 12.2 Å². The smallest absolute Gasteiger partial charge is 0.339 e. The molecule has 2 fully saturated rings. The van der Waals surface area contributed by atoms with E-state index in [-0.39, 0.29) is 29.6 Å². The van der Waals surface area contributed by atoms with E-state index in [9.17, 15) is 45.1 Å². The highest BCUT2D eigenvalue weighted by Crippen LogP contribution is 2.38. The van der Waals surface area contributed by atoms with Gasteiger partial charge in [-0.25, -0.2) is 39.6 Å². The Morgan fingerprint density at radius 2 is 1.40 bits per heavy atom. The lowest BCUT2D eigenvalue weighted by molar-refractivity contribution is -0.125. The van der Waals surface area contributed by atoms with Crippen LogP contribution in [0.25, 0.3) is 0 Å². The number of carboxylic acid groups (broad SMARTS) is 1. The van der Waals surface area contributed by atoms with Gasteiger partial charge in [0.1, 0.15) is 29.8 Å². The number of hydrogen-bond donors (Lipinski definition) is 1. The molecule has 52 heavy (non-hydrogen) atoms. The van der Waals surface area contributed by atoms with Gasteiger partial charge in [-0.2, -0.15) is 4.31 Å². The number of nitrogens with zero attached hydrogens (tertiary/aromatic N) is 2. The molecule has 274 valence electrons. The number of amides is 1. The van der Waals surface area contributed by atoms with Crippen LogP contribution in [-0.2, 0) is 28.0 Å². The summed E-state index contributed by atoms with van der Waals surface area (Å²) in [4.78, 5) is 25.1. The van der Waals surface area contributed by atoms with E-state index in [2.05, 4.69) is 0 Å². The maximum Gasteiger partial charge on any atom is 0.339 e. The number of ether oxygens (including phenoxy) is 1. The first-order chi connectivity index (χ1) is 24.8. The van der Waals surface area contributed by atoms with E-state index in [4.69, 9.17) is 4.74 Å². The Kier molecular flexibility index (Phi) is 10.6. The highest BCUT2D eigenvalue weighted by Gasteiger charge is 2.48. The highest BCUT2D eigenvalue weighted by atomic mass is 32.2. The van der Waals surface area contributed by atoms with Crippen molar-refractivity contribution in [1.82, 2.24) is 4.31 Å². The van der Waals surface area contributed by atoms with E-state index >= 15 is 4.39 Å². The van der Waals surface area contributed by atoms with Crippen LogP contribution >= 0.6 is 0 Å². The number of carboxylic acids is 1. The summed E-state index contributed by atoms with van der Waals surface area (Å²) in [7, 11) is -5.51. The van der Waals surface area contributed by atoms with E-state index in [1.54, 1.807) is 42.5 Å². The topological polar surface area (TPSA) is 104 Å². The molecule has 1 aliphatic carbocycles. The second kappa shape index (κ2) is 15.0. The molecule has 15 heteroatoms. The maximum atomic E-state index is 15.9. The summed E-state index contributed by atoms with van der Waals surface area (Å²) in [6.07, 6.45) is 5.07. The normalized spacial score (nSPS) is 16.7. The number of halogens is 6. The van der Waals surface area contributed by atoms with Crippen molar-refractivity contribution in [1.29, 1.82) is 0 Å². The molecule has 4 aromatic carbocycles. The van der Waals surface area contributed by atoms with Gasteiger partial charge in [0, 0.05) is 12.6 Å². The van der Waals surface area contributed by atoms with Crippen LogP contribution in [0.5, 0.6) is 5.75 Å². The first-order valence-corrected chi connectivity index (χ1v) is 17.9. The van der Waals surface area contributed by atoms with Crippen molar-refractivity contribution in [3.05, 3.63) is 124 Å². The number of aromatic carboxylic acids is 1. The van der Waals surface area contributed by atoms with Crippen molar-refractivity contribution in [2.75, 3.05) is 11.4 Å². The molecule has 1 atom stereocenters. The first kappa shape index (κ1) is 36.9. The maximum absolute atomic E-state index is 15.9. The zero-order chi connectivity index (χ0) is 37.3. The zero-order valence-electron chi connectivity index (χ0n) is 27.4. The minimum absolute atomic E-state index is 0.140. The third-order valence-electron chi connectivity index (χ3n) is 9.46. The molecule has 1 heterocycles. The van der Waals surface area contributed by atoms with Crippen LogP contribution in [0.2, 0.25) is 0 Å². The van der Waals surface area contributed by atoms with Crippen LogP contribution in [-0.4, -0.2) is 42.3 Å². The number of carbonyl (C=O) groups is 2. The van der Waals surface area contributed by atoms with Crippen molar-refractivity contribution in [2.45, 2.75) is 68.5 Å². The van der Waals surface area contributed by atoms with E-state index in [1.165, 1.54) is 0 Å². The second-order valence-corrected chi connectivity index (χ2v) is 14.5. The highest BCUT2D eigenvalue weighted by molar-refractivity contribution is 7.89. The van der Waals surface area contributed by atoms with Crippen LogP contribution < -0.4 is 9.64 Å². The minimum Gasteiger partial charge on any atom is -0.488 e. The Bertz CT molecular complexity index is 2080. The van der Waals surface area contributed by atoms with Gasteiger partial charge in [0.25, 0.3) is 0 Å². The average Bonchev–Trinajstić information content (AvgIpc) is 3.12. The molecule has 1 aliphatic heterocycles. The number of hydrogen-bond acceptors (Lipinski definition) is 5. The molecule has 0 unspecified atom stereocenters. The standard InChI is InChI=1S/C37H32F6N2O6S/c38-26-17-25(37(47)48)29(51-20-22-7-3-1-4-8-22)18-28(26)44(19-21-11-13-24(14-12-21)23-9-5-2-6-10-23)36(46)27-15-16-45(27)52(49,50)35-33(42)31(40)30(39)32(41)34(35)43/h1,3-4,7-8,11-14,17-18,23,27H,2,5-6,9-10,15-16,19-20H2,(H,47,48)/t27-/m1/s1. The minimum atomic E-state index is -5.51. The lowest BCUT2D eigenvalue weighted by Crippen LogP contribution is -2.59. The summed E-state index contributed by atoms with van der Waals surface area (Å²) < 4.78 is 120. The zero-order valence-corrected chi connectivity index (χ0v) is 28.2. The third kappa shape index (κ3) is 7.11. The van der Waals surface area contributed by atoms with E-state index < -0.39 is 85.5 Å². The van der Waals surface area contributed by atoms with Crippen LogP contribution in [0.15, 0.2) is 71.6 Å². The van der Waals surface area contributed by atoms with Crippen LogP contribution in [0.1, 0.15) is 71.5 Å². The molecule has 0 bridgehead atoms. The number of carbonyl (C=O) groups excluding carboxylic acids is 1. The van der Waals surface area contributed by atoms with Gasteiger partial charge >= 0.3 is 5.97 Å². The Hall–Kier alpha value is -4.89. The Morgan fingerprint density at radius 1 is 0.788 bits per heavy atom. The van der Waals surface area contributed by atoms with Crippen molar-refractivity contribution in [3.63, 3.8) is 0 Å². The number of benzene rings is 4. The largest absolute Gasteiger partial charge is 0.488 e. The molecular formula is C37H32F6N2O6S. The van der Waals surface area contributed by atoms with Crippen LogP contribution in [0.4, 0.5) is 32.0 Å². The summed E-state index contributed by atoms with van der Waals surface area (Å²) in [6, 6.07) is 15.6. The SMILES string of the molecule is O=C(O)c1cc(F)c(N(Cc2ccc(C3CCCCC3)cc2)C(=O)[C@H]2CCN2S(=O)(=O)c2c(F)c(F)c(F)c(F)c2F)cc1OCc1ccccc1. The van der Waals surface area contributed by atoms with E-state index in [0.29, 0.717) is 23.1 Å². The van der Waals surface area contributed by atoms with Gasteiger partial charge < -0.3 is 14.7 Å². The molecule has 2 aliphatic rings. The molecule has 1 N–H and O–H groups in total. The predicted molar refractivity (Wildman–Crippen MR) is 176 cm³/mol. The first-order valence-electron chi connectivity index (χ1n) is 16.5. The average molecular weight is 747 g/mol. The lowest BCUT2D eigenvalue weighted by atomic mass is 9.84. The van der Waals surface area contributed by atoms with Gasteiger partial charge in [0.15, 0.2) is 28.2 Å². The van der Waals surface area contributed by atoms with E-state index in [0.717, 1.165) is 48.6 Å². The molecule has 1 saturated heterocycles. The summed E-state index contributed by atoms with van der Waals surface area (Å²) in [5.74, 6) is -16.5. The van der Waals surface area contributed by atoms with Crippen LogP contribution in [0, 0.1) is 34.9 Å². The Balaban J connectivity index is 1.39. The number of sulfonamides is 1. The molecule has 6 rings (SSSR count). The van der Waals surface area contributed by atoms with Gasteiger partial charge in [-0.3, -0.25) is 4.79 Å². The molecule has 4 aromatic rings. The third-order valence-corrected chi connectivity index (χ3v) is 11.4. The van der Waals surface area contributed by atoms with Gasteiger partial charge in [-0.05, 0) is 47.9 Å². The number of anilines is 1. The molecule has 0 spiro atoms. The fourth-order valence-corrected chi connectivity index (χ4v) is 8.32. The predicted octanol–water partition coefficient (Wildman–Crippen LogP) is 7.84. The monoisotopic (exact) mass is 746 g/mol. The molecule has 1 saturated carbocycles. The fraction of sp³-hybridized carbons (Fsp3) is 0.297. The van der Waals surface area contributed by atoms with Gasteiger partial charge in [0.2, 0.25) is 21.7 Å². The summed E-state index contributed by atoms with van der Waals surface area (Å²) in [5, 5.41) is 9.82. The lowest BCUT2D eigenvalue weighted by Gasteiger charge is -2.41. The van der Waals surface area contributed by atoms with Crippen molar-refractivity contribution >= 4 is 27.6 Å².